The van der Waals surface area contributed by atoms with Crippen molar-refractivity contribution in [3.05, 3.63) is 33.8 Å². The van der Waals surface area contributed by atoms with Gasteiger partial charge in [0.25, 0.3) is 0 Å². The second-order valence-corrected chi connectivity index (χ2v) is 5.19. The SMILES string of the molecule is O=C(CC1CCCC1)c1c(Cl)cccc1Cl. The monoisotopic (exact) mass is 256 g/mol. The van der Waals surface area contributed by atoms with Crippen molar-refractivity contribution in [3.63, 3.8) is 0 Å². The van der Waals surface area contributed by atoms with Crippen molar-refractivity contribution in [2.75, 3.05) is 0 Å². The molecule has 0 atom stereocenters. The zero-order valence-electron chi connectivity index (χ0n) is 9.01. The minimum Gasteiger partial charge on any atom is -0.294 e. The lowest BCUT2D eigenvalue weighted by Crippen LogP contribution is -2.07. The summed E-state index contributed by atoms with van der Waals surface area (Å²) in [5, 5.41) is 0.936. The van der Waals surface area contributed by atoms with E-state index in [0.717, 1.165) is 12.8 Å². The zero-order valence-corrected chi connectivity index (χ0v) is 10.5. The van der Waals surface area contributed by atoms with E-state index in [-0.39, 0.29) is 5.78 Å². The lowest BCUT2D eigenvalue weighted by Gasteiger charge is -2.10. The van der Waals surface area contributed by atoms with Gasteiger partial charge >= 0.3 is 0 Å². The van der Waals surface area contributed by atoms with Crippen LogP contribution in [0.2, 0.25) is 10.0 Å². The van der Waals surface area contributed by atoms with E-state index in [2.05, 4.69) is 0 Å². The maximum Gasteiger partial charge on any atom is 0.166 e. The molecule has 1 saturated carbocycles. The summed E-state index contributed by atoms with van der Waals surface area (Å²) in [7, 11) is 0. The van der Waals surface area contributed by atoms with Gasteiger partial charge < -0.3 is 0 Å². The van der Waals surface area contributed by atoms with Crippen LogP contribution in [-0.2, 0) is 0 Å². The molecule has 0 aromatic heterocycles. The zero-order chi connectivity index (χ0) is 11.5. The van der Waals surface area contributed by atoms with Crippen molar-refractivity contribution in [1.82, 2.24) is 0 Å². The molecule has 0 bridgehead atoms. The number of carbonyl (C=O) groups is 1. The third kappa shape index (κ3) is 2.58. The van der Waals surface area contributed by atoms with Crippen LogP contribution in [0.5, 0.6) is 0 Å². The predicted octanol–water partition coefficient (Wildman–Crippen LogP) is 4.76. The van der Waals surface area contributed by atoms with E-state index in [1.54, 1.807) is 18.2 Å². The van der Waals surface area contributed by atoms with Crippen molar-refractivity contribution in [2.24, 2.45) is 5.92 Å². The van der Waals surface area contributed by atoms with Gasteiger partial charge in [-0.15, -0.1) is 0 Å². The van der Waals surface area contributed by atoms with Crippen LogP contribution < -0.4 is 0 Å². The largest absolute Gasteiger partial charge is 0.294 e. The van der Waals surface area contributed by atoms with E-state index >= 15 is 0 Å². The molecule has 1 aromatic rings. The summed E-state index contributed by atoms with van der Waals surface area (Å²) < 4.78 is 0. The topological polar surface area (TPSA) is 17.1 Å². The summed E-state index contributed by atoms with van der Waals surface area (Å²) >= 11 is 12.0. The average Bonchev–Trinajstić information content (AvgIpc) is 2.70. The first-order valence-electron chi connectivity index (χ1n) is 5.65. The molecule has 86 valence electrons. The van der Waals surface area contributed by atoms with Gasteiger partial charge in [-0.25, -0.2) is 0 Å². The molecule has 0 unspecified atom stereocenters. The predicted molar refractivity (Wildman–Crippen MR) is 67.4 cm³/mol. The van der Waals surface area contributed by atoms with E-state index in [1.165, 1.54) is 12.8 Å². The third-order valence-corrected chi connectivity index (χ3v) is 3.82. The molecule has 0 heterocycles. The summed E-state index contributed by atoms with van der Waals surface area (Å²) in [4.78, 5) is 12.1. The Morgan fingerprint density at radius 2 is 1.75 bits per heavy atom. The summed E-state index contributed by atoms with van der Waals surface area (Å²) in [5.74, 6) is 0.613. The third-order valence-electron chi connectivity index (χ3n) is 3.19. The number of hydrogen-bond donors (Lipinski definition) is 0. The normalized spacial score (nSPS) is 16.6. The highest BCUT2D eigenvalue weighted by Crippen LogP contribution is 2.32. The number of halogens is 2. The molecule has 0 N–H and O–H groups in total. The van der Waals surface area contributed by atoms with Gasteiger partial charge in [-0.1, -0.05) is 55.0 Å². The molecular weight excluding hydrogens is 243 g/mol. The van der Waals surface area contributed by atoms with Crippen molar-refractivity contribution in [1.29, 1.82) is 0 Å². The number of benzene rings is 1. The van der Waals surface area contributed by atoms with Crippen LogP contribution in [0.15, 0.2) is 18.2 Å². The van der Waals surface area contributed by atoms with Crippen LogP contribution in [-0.4, -0.2) is 5.78 Å². The molecule has 1 aliphatic rings. The first-order valence-corrected chi connectivity index (χ1v) is 6.41. The van der Waals surface area contributed by atoms with Crippen LogP contribution in [0.25, 0.3) is 0 Å². The Kier molecular flexibility index (Phi) is 3.88. The molecule has 0 saturated heterocycles. The Hall–Kier alpha value is -0.530. The molecule has 3 heteroatoms. The van der Waals surface area contributed by atoms with Crippen LogP contribution in [0.3, 0.4) is 0 Å². The average molecular weight is 257 g/mol. The van der Waals surface area contributed by atoms with E-state index in [9.17, 15) is 4.79 Å². The van der Waals surface area contributed by atoms with Gasteiger partial charge in [-0.05, 0) is 18.1 Å². The lowest BCUT2D eigenvalue weighted by atomic mass is 9.97. The summed E-state index contributed by atoms with van der Waals surface area (Å²) in [6.07, 6.45) is 5.40. The Bertz CT molecular complexity index is 375. The molecule has 2 rings (SSSR count). The standard InChI is InChI=1S/C13H14Cl2O/c14-10-6-3-7-11(15)13(10)12(16)8-9-4-1-2-5-9/h3,6-7,9H,1-2,4-5,8H2. The quantitative estimate of drug-likeness (QED) is 0.713. The van der Waals surface area contributed by atoms with Gasteiger partial charge in [0, 0.05) is 6.42 Å². The van der Waals surface area contributed by atoms with Gasteiger partial charge in [0.05, 0.1) is 15.6 Å². The van der Waals surface area contributed by atoms with Crippen LogP contribution in [0.1, 0.15) is 42.5 Å². The molecule has 1 nitrogen and oxygen atoms in total. The maximum absolute atomic E-state index is 12.1. The number of rotatable bonds is 3. The molecule has 1 fully saturated rings. The fourth-order valence-corrected chi connectivity index (χ4v) is 2.95. The molecule has 0 aliphatic heterocycles. The Balaban J connectivity index is 2.13. The minimum atomic E-state index is 0.0856. The highest BCUT2D eigenvalue weighted by molar-refractivity contribution is 6.39. The first kappa shape index (κ1) is 11.9. The van der Waals surface area contributed by atoms with Crippen molar-refractivity contribution < 1.29 is 4.79 Å². The highest BCUT2D eigenvalue weighted by atomic mass is 35.5. The van der Waals surface area contributed by atoms with E-state index in [0.29, 0.717) is 27.9 Å². The smallest absolute Gasteiger partial charge is 0.166 e. The Morgan fingerprint density at radius 1 is 1.19 bits per heavy atom. The van der Waals surface area contributed by atoms with Crippen LogP contribution >= 0.6 is 23.2 Å². The summed E-state index contributed by atoms with van der Waals surface area (Å²) in [5.41, 5.74) is 0.498. The fourth-order valence-electron chi connectivity index (χ4n) is 2.34. The second-order valence-electron chi connectivity index (χ2n) is 4.37. The number of carbonyl (C=O) groups excluding carboxylic acids is 1. The van der Waals surface area contributed by atoms with Gasteiger partial charge in [-0.3, -0.25) is 4.79 Å². The Morgan fingerprint density at radius 3 is 2.31 bits per heavy atom. The number of ketones is 1. The second kappa shape index (κ2) is 5.20. The van der Waals surface area contributed by atoms with Gasteiger partial charge in [0.2, 0.25) is 0 Å². The van der Waals surface area contributed by atoms with E-state index in [1.807, 2.05) is 0 Å². The lowest BCUT2D eigenvalue weighted by molar-refractivity contribution is 0.0962. The van der Waals surface area contributed by atoms with Crippen LogP contribution in [0.4, 0.5) is 0 Å². The fraction of sp³-hybridized carbons (Fsp3) is 0.462. The maximum atomic E-state index is 12.1. The molecular formula is C13H14Cl2O. The Labute approximate surface area is 106 Å². The van der Waals surface area contributed by atoms with Gasteiger partial charge in [-0.2, -0.15) is 0 Å². The van der Waals surface area contributed by atoms with E-state index in [4.69, 9.17) is 23.2 Å². The molecule has 1 aliphatic carbocycles. The van der Waals surface area contributed by atoms with Gasteiger partial charge in [0.1, 0.15) is 0 Å². The van der Waals surface area contributed by atoms with Crippen molar-refractivity contribution >= 4 is 29.0 Å². The number of Topliss-reactive ketones (excluding diaryl/α,β-unsaturated/α-hetero) is 1. The number of hydrogen-bond acceptors (Lipinski definition) is 1. The summed E-state index contributed by atoms with van der Waals surface area (Å²) in [6, 6.07) is 5.20. The van der Waals surface area contributed by atoms with Crippen molar-refractivity contribution in [2.45, 2.75) is 32.1 Å². The van der Waals surface area contributed by atoms with E-state index < -0.39 is 0 Å². The molecule has 1 aromatic carbocycles. The molecule has 0 spiro atoms. The van der Waals surface area contributed by atoms with Gasteiger partial charge in [0.15, 0.2) is 5.78 Å². The molecule has 0 amide bonds. The highest BCUT2D eigenvalue weighted by Gasteiger charge is 2.21. The molecule has 0 radical (unpaired) electrons. The minimum absolute atomic E-state index is 0.0856. The van der Waals surface area contributed by atoms with Crippen LogP contribution in [0, 0.1) is 5.92 Å². The summed E-state index contributed by atoms with van der Waals surface area (Å²) in [6.45, 7) is 0. The first-order chi connectivity index (χ1) is 7.68. The molecule has 16 heavy (non-hydrogen) atoms. The van der Waals surface area contributed by atoms with Crippen molar-refractivity contribution in [3.8, 4) is 0 Å².